The van der Waals surface area contributed by atoms with Crippen molar-refractivity contribution in [2.24, 2.45) is 0 Å². The minimum atomic E-state index is 0.449. The van der Waals surface area contributed by atoms with E-state index < -0.39 is 0 Å². The van der Waals surface area contributed by atoms with Crippen LogP contribution in [0.5, 0.6) is 0 Å². The van der Waals surface area contributed by atoms with Gasteiger partial charge in [-0.05, 0) is 39.4 Å². The lowest BCUT2D eigenvalue weighted by Gasteiger charge is -2.18. The van der Waals surface area contributed by atoms with E-state index in [0.29, 0.717) is 6.04 Å². The highest BCUT2D eigenvalue weighted by molar-refractivity contribution is 9.10. The quantitative estimate of drug-likeness (QED) is 0.775. The number of nitrogens with one attached hydrogen (secondary N) is 1. The Labute approximate surface area is 121 Å². The summed E-state index contributed by atoms with van der Waals surface area (Å²) in [6.45, 7) is 3.16. The molecule has 0 saturated carbocycles. The van der Waals surface area contributed by atoms with Gasteiger partial charge in [-0.25, -0.2) is 0 Å². The van der Waals surface area contributed by atoms with E-state index >= 15 is 0 Å². The van der Waals surface area contributed by atoms with Gasteiger partial charge >= 0.3 is 0 Å². The molecule has 3 heteroatoms. The molecule has 96 valence electrons. The zero-order chi connectivity index (χ0) is 12.8. The Bertz CT molecular complexity index is 466. The molecule has 0 amide bonds. The van der Waals surface area contributed by atoms with Crippen molar-refractivity contribution in [2.75, 3.05) is 0 Å². The second kappa shape index (κ2) is 7.07. The van der Waals surface area contributed by atoms with Gasteiger partial charge in [0.1, 0.15) is 0 Å². The van der Waals surface area contributed by atoms with Crippen LogP contribution < -0.4 is 5.32 Å². The summed E-state index contributed by atoms with van der Waals surface area (Å²) in [4.78, 5) is 1.37. The summed E-state index contributed by atoms with van der Waals surface area (Å²) in [7, 11) is 0. The summed E-state index contributed by atoms with van der Waals surface area (Å²) in [5.41, 5.74) is 1.38. The molecule has 0 aliphatic heterocycles. The molecule has 0 fully saturated rings. The molecule has 1 N–H and O–H groups in total. The second-order valence-electron chi connectivity index (χ2n) is 4.32. The predicted molar refractivity (Wildman–Crippen MR) is 82.9 cm³/mol. The average molecular weight is 324 g/mol. The van der Waals surface area contributed by atoms with Gasteiger partial charge in [0.2, 0.25) is 0 Å². The fourth-order valence-electron chi connectivity index (χ4n) is 2.03. The highest BCUT2D eigenvalue weighted by Crippen LogP contribution is 2.24. The smallest absolute Gasteiger partial charge is 0.0327 e. The summed E-state index contributed by atoms with van der Waals surface area (Å²) >= 11 is 5.38. The first-order valence-electron chi connectivity index (χ1n) is 6.31. The van der Waals surface area contributed by atoms with Gasteiger partial charge in [-0.15, -0.1) is 11.3 Å². The SMILES string of the molecule is CCCC(NCc1sccc1Br)c1ccccc1. The van der Waals surface area contributed by atoms with Crippen molar-refractivity contribution in [3.05, 3.63) is 56.7 Å². The highest BCUT2D eigenvalue weighted by atomic mass is 79.9. The summed E-state index contributed by atoms with van der Waals surface area (Å²) < 4.78 is 1.21. The lowest BCUT2D eigenvalue weighted by molar-refractivity contribution is 0.495. The molecule has 0 aliphatic carbocycles. The standard InChI is InChI=1S/C15H18BrNS/c1-2-6-14(12-7-4-3-5-8-12)17-11-15-13(16)9-10-18-15/h3-5,7-10,14,17H,2,6,11H2,1H3. The Morgan fingerprint density at radius 3 is 2.61 bits per heavy atom. The molecule has 0 bridgehead atoms. The maximum atomic E-state index is 3.66. The molecule has 0 radical (unpaired) electrons. The van der Waals surface area contributed by atoms with Crippen molar-refractivity contribution in [3.63, 3.8) is 0 Å². The number of benzene rings is 1. The number of halogens is 1. The first kappa shape index (κ1) is 13.8. The van der Waals surface area contributed by atoms with Crippen LogP contribution in [0.4, 0.5) is 0 Å². The fraction of sp³-hybridized carbons (Fsp3) is 0.333. The van der Waals surface area contributed by atoms with E-state index in [0.717, 1.165) is 6.54 Å². The fourth-order valence-corrected chi connectivity index (χ4v) is 3.47. The molecule has 1 heterocycles. The van der Waals surface area contributed by atoms with Gasteiger partial charge in [0.15, 0.2) is 0 Å². The molecule has 18 heavy (non-hydrogen) atoms. The lowest BCUT2D eigenvalue weighted by atomic mass is 10.0. The molecule has 0 saturated heterocycles. The Morgan fingerprint density at radius 2 is 2.00 bits per heavy atom. The summed E-state index contributed by atoms with van der Waals surface area (Å²) in [5.74, 6) is 0. The third kappa shape index (κ3) is 3.67. The molecule has 0 aliphatic rings. The van der Waals surface area contributed by atoms with Crippen LogP contribution in [-0.2, 0) is 6.54 Å². The minimum absolute atomic E-state index is 0.449. The van der Waals surface area contributed by atoms with E-state index in [4.69, 9.17) is 0 Å². The average Bonchev–Trinajstić information content (AvgIpc) is 2.81. The van der Waals surface area contributed by atoms with Crippen LogP contribution in [0.3, 0.4) is 0 Å². The second-order valence-corrected chi connectivity index (χ2v) is 6.18. The summed E-state index contributed by atoms with van der Waals surface area (Å²) in [6, 6.07) is 13.3. The molecule has 1 aromatic heterocycles. The molecule has 2 aromatic rings. The maximum absolute atomic E-state index is 3.66. The zero-order valence-corrected chi connectivity index (χ0v) is 12.9. The van der Waals surface area contributed by atoms with Gasteiger partial charge in [0, 0.05) is 21.9 Å². The van der Waals surface area contributed by atoms with Crippen molar-refractivity contribution >= 4 is 27.3 Å². The zero-order valence-electron chi connectivity index (χ0n) is 10.5. The van der Waals surface area contributed by atoms with Gasteiger partial charge in [-0.1, -0.05) is 43.7 Å². The first-order valence-corrected chi connectivity index (χ1v) is 7.98. The van der Waals surface area contributed by atoms with E-state index in [1.165, 1.54) is 27.8 Å². The van der Waals surface area contributed by atoms with Gasteiger partial charge < -0.3 is 5.32 Å². The number of rotatable bonds is 6. The number of hydrogen-bond donors (Lipinski definition) is 1. The van der Waals surface area contributed by atoms with Crippen molar-refractivity contribution in [1.82, 2.24) is 5.32 Å². The van der Waals surface area contributed by atoms with Crippen molar-refractivity contribution < 1.29 is 0 Å². The lowest BCUT2D eigenvalue weighted by Crippen LogP contribution is -2.20. The van der Waals surface area contributed by atoms with Crippen LogP contribution in [0.1, 0.15) is 36.2 Å². The van der Waals surface area contributed by atoms with Crippen molar-refractivity contribution in [1.29, 1.82) is 0 Å². The van der Waals surface area contributed by atoms with Gasteiger partial charge in [-0.3, -0.25) is 0 Å². The van der Waals surface area contributed by atoms with Crippen molar-refractivity contribution in [3.8, 4) is 0 Å². The Hall–Kier alpha value is -0.640. The van der Waals surface area contributed by atoms with Crippen LogP contribution in [0.2, 0.25) is 0 Å². The van der Waals surface area contributed by atoms with E-state index in [-0.39, 0.29) is 0 Å². The maximum Gasteiger partial charge on any atom is 0.0327 e. The number of hydrogen-bond acceptors (Lipinski definition) is 2. The minimum Gasteiger partial charge on any atom is -0.305 e. The highest BCUT2D eigenvalue weighted by Gasteiger charge is 2.10. The van der Waals surface area contributed by atoms with E-state index in [1.54, 1.807) is 11.3 Å². The molecule has 2 rings (SSSR count). The molecule has 1 unspecified atom stereocenters. The molecular formula is C15H18BrNS. The Kier molecular flexibility index (Phi) is 5.42. The predicted octanol–water partition coefficient (Wildman–Crippen LogP) is 5.14. The first-order chi connectivity index (χ1) is 8.81. The molecule has 1 atom stereocenters. The molecular weight excluding hydrogens is 306 g/mol. The van der Waals surface area contributed by atoms with E-state index in [1.807, 2.05) is 0 Å². The molecule has 1 nitrogen and oxygen atoms in total. The van der Waals surface area contributed by atoms with Gasteiger partial charge in [0.05, 0.1) is 0 Å². The normalized spacial score (nSPS) is 12.6. The summed E-state index contributed by atoms with van der Waals surface area (Å²) in [5, 5.41) is 5.78. The van der Waals surface area contributed by atoms with Crippen LogP contribution >= 0.6 is 27.3 Å². The third-order valence-corrected chi connectivity index (χ3v) is 4.91. The topological polar surface area (TPSA) is 12.0 Å². The van der Waals surface area contributed by atoms with Crippen molar-refractivity contribution in [2.45, 2.75) is 32.4 Å². The van der Waals surface area contributed by atoms with E-state index in [9.17, 15) is 0 Å². The van der Waals surface area contributed by atoms with Crippen LogP contribution in [0, 0.1) is 0 Å². The monoisotopic (exact) mass is 323 g/mol. The summed E-state index contributed by atoms with van der Waals surface area (Å²) in [6.07, 6.45) is 2.37. The number of thiophene rings is 1. The van der Waals surface area contributed by atoms with Crippen LogP contribution in [0.25, 0.3) is 0 Å². The van der Waals surface area contributed by atoms with Crippen LogP contribution in [0.15, 0.2) is 46.3 Å². The largest absolute Gasteiger partial charge is 0.305 e. The Balaban J connectivity index is 2.01. The van der Waals surface area contributed by atoms with Gasteiger partial charge in [-0.2, -0.15) is 0 Å². The van der Waals surface area contributed by atoms with Gasteiger partial charge in [0.25, 0.3) is 0 Å². The molecule has 1 aromatic carbocycles. The van der Waals surface area contributed by atoms with E-state index in [2.05, 4.69) is 69.9 Å². The third-order valence-electron chi connectivity index (χ3n) is 2.98. The van der Waals surface area contributed by atoms with Crippen LogP contribution in [-0.4, -0.2) is 0 Å². The molecule has 0 spiro atoms. The Morgan fingerprint density at radius 1 is 1.22 bits per heavy atom.